The molecule has 1 heterocycles. The van der Waals surface area contributed by atoms with Crippen LogP contribution in [-0.4, -0.2) is 42.2 Å². The van der Waals surface area contributed by atoms with Crippen LogP contribution in [0.2, 0.25) is 0 Å². The summed E-state index contributed by atoms with van der Waals surface area (Å²) in [6, 6.07) is 10.4. The lowest BCUT2D eigenvalue weighted by atomic mass is 10.1. The lowest BCUT2D eigenvalue weighted by Crippen LogP contribution is -2.28. The number of ether oxygens (including phenoxy) is 1. The maximum atomic E-state index is 12.4. The highest BCUT2D eigenvalue weighted by molar-refractivity contribution is 6.22. The van der Waals surface area contributed by atoms with Crippen molar-refractivity contribution in [3.63, 3.8) is 0 Å². The van der Waals surface area contributed by atoms with E-state index in [-0.39, 0.29) is 22.4 Å². The van der Waals surface area contributed by atoms with Crippen LogP contribution in [-0.2, 0) is 4.79 Å². The first kappa shape index (κ1) is 17.2. The van der Waals surface area contributed by atoms with E-state index in [1.807, 2.05) is 0 Å². The Bertz CT molecular complexity index is 937. The second-order valence-corrected chi connectivity index (χ2v) is 5.57. The maximum absolute atomic E-state index is 12.4. The molecule has 3 amide bonds. The molecule has 8 heteroatoms. The van der Waals surface area contributed by atoms with E-state index in [1.54, 1.807) is 12.1 Å². The van der Waals surface area contributed by atoms with Gasteiger partial charge in [-0.25, -0.2) is 0 Å². The molecular formula is C18H13N2O6-. The highest BCUT2D eigenvalue weighted by atomic mass is 16.5. The molecule has 0 atom stereocenters. The average Bonchev–Trinajstić information content (AvgIpc) is 2.84. The Balaban J connectivity index is 1.77. The number of nitrogens with one attached hydrogen (secondary N) is 1. The van der Waals surface area contributed by atoms with Gasteiger partial charge in [0, 0.05) is 24.4 Å². The van der Waals surface area contributed by atoms with Crippen LogP contribution in [0.15, 0.2) is 42.5 Å². The molecule has 1 N–H and O–H groups in total. The SMILES string of the molecule is CN1C(=O)c2ccc(C(=O)Nc3cccc(OCC(=O)[O-])c3)cc2C1=O. The Morgan fingerprint density at radius 3 is 2.54 bits per heavy atom. The fourth-order valence-corrected chi connectivity index (χ4v) is 2.51. The second-order valence-electron chi connectivity index (χ2n) is 5.57. The summed E-state index contributed by atoms with van der Waals surface area (Å²) >= 11 is 0. The van der Waals surface area contributed by atoms with Crippen molar-refractivity contribution in [3.8, 4) is 5.75 Å². The molecular weight excluding hydrogens is 340 g/mol. The number of benzene rings is 2. The Morgan fingerprint density at radius 2 is 1.81 bits per heavy atom. The number of hydrogen-bond acceptors (Lipinski definition) is 6. The summed E-state index contributed by atoms with van der Waals surface area (Å²) in [5.41, 5.74) is 1.02. The van der Waals surface area contributed by atoms with Gasteiger partial charge in [-0.05, 0) is 30.3 Å². The lowest BCUT2D eigenvalue weighted by Gasteiger charge is -2.10. The van der Waals surface area contributed by atoms with Gasteiger partial charge in [-0.2, -0.15) is 0 Å². The van der Waals surface area contributed by atoms with Crippen molar-refractivity contribution in [1.82, 2.24) is 4.90 Å². The van der Waals surface area contributed by atoms with Crippen molar-refractivity contribution >= 4 is 29.4 Å². The third-order valence-corrected chi connectivity index (χ3v) is 3.80. The molecule has 0 saturated carbocycles. The summed E-state index contributed by atoms with van der Waals surface area (Å²) in [6.07, 6.45) is 0. The number of carboxylic acids is 1. The zero-order valence-electron chi connectivity index (χ0n) is 13.6. The molecule has 2 aromatic carbocycles. The molecule has 1 aliphatic rings. The van der Waals surface area contributed by atoms with E-state index in [9.17, 15) is 24.3 Å². The minimum Gasteiger partial charge on any atom is -0.546 e. The minimum absolute atomic E-state index is 0.177. The van der Waals surface area contributed by atoms with Gasteiger partial charge in [0.05, 0.1) is 17.1 Å². The van der Waals surface area contributed by atoms with E-state index in [1.165, 1.54) is 37.4 Å². The van der Waals surface area contributed by atoms with Crippen LogP contribution in [0.1, 0.15) is 31.1 Å². The minimum atomic E-state index is -1.36. The van der Waals surface area contributed by atoms with Crippen LogP contribution in [0.25, 0.3) is 0 Å². The number of hydrogen-bond donors (Lipinski definition) is 1. The predicted octanol–water partition coefficient (Wildman–Crippen LogP) is 0.293. The van der Waals surface area contributed by atoms with Gasteiger partial charge >= 0.3 is 0 Å². The molecule has 0 unspecified atom stereocenters. The van der Waals surface area contributed by atoms with Crippen LogP contribution in [0.5, 0.6) is 5.75 Å². The fourth-order valence-electron chi connectivity index (χ4n) is 2.51. The predicted molar refractivity (Wildman–Crippen MR) is 87.8 cm³/mol. The molecule has 0 bridgehead atoms. The number of amides is 3. The molecule has 26 heavy (non-hydrogen) atoms. The zero-order valence-corrected chi connectivity index (χ0v) is 13.6. The van der Waals surface area contributed by atoms with Crippen molar-refractivity contribution in [2.75, 3.05) is 19.0 Å². The summed E-state index contributed by atoms with van der Waals surface area (Å²) in [6.45, 7) is -0.605. The number of aliphatic carboxylic acids is 1. The number of carbonyl (C=O) groups excluding carboxylic acids is 4. The highest BCUT2D eigenvalue weighted by Crippen LogP contribution is 2.24. The second kappa shape index (κ2) is 6.67. The van der Waals surface area contributed by atoms with Gasteiger partial charge in [0.25, 0.3) is 17.7 Å². The van der Waals surface area contributed by atoms with Crippen LogP contribution in [0.3, 0.4) is 0 Å². The Morgan fingerprint density at radius 1 is 1.08 bits per heavy atom. The number of rotatable bonds is 5. The molecule has 0 aliphatic carbocycles. The van der Waals surface area contributed by atoms with Crippen molar-refractivity contribution in [1.29, 1.82) is 0 Å². The Hall–Kier alpha value is -3.68. The number of imide groups is 1. The number of carboxylic acid groups (broad SMARTS) is 1. The molecule has 0 aromatic heterocycles. The first-order valence-corrected chi connectivity index (χ1v) is 7.57. The largest absolute Gasteiger partial charge is 0.546 e. The standard InChI is InChI=1S/C18H14N2O6/c1-20-17(24)13-6-5-10(7-14(13)18(20)25)16(23)19-11-3-2-4-12(8-11)26-9-15(21)22/h2-8H,9H2,1H3,(H,19,23)(H,21,22)/p-1. The van der Waals surface area contributed by atoms with Gasteiger partial charge in [-0.15, -0.1) is 0 Å². The normalized spacial score (nSPS) is 12.7. The quantitative estimate of drug-likeness (QED) is 0.773. The lowest BCUT2D eigenvalue weighted by molar-refractivity contribution is -0.307. The van der Waals surface area contributed by atoms with Crippen LogP contribution in [0, 0.1) is 0 Å². The van der Waals surface area contributed by atoms with Crippen molar-refractivity contribution in [2.24, 2.45) is 0 Å². The van der Waals surface area contributed by atoms with E-state index < -0.39 is 30.3 Å². The van der Waals surface area contributed by atoms with Crippen molar-refractivity contribution in [3.05, 3.63) is 59.2 Å². The van der Waals surface area contributed by atoms with E-state index >= 15 is 0 Å². The molecule has 132 valence electrons. The molecule has 0 spiro atoms. The van der Waals surface area contributed by atoms with Crippen molar-refractivity contribution < 1.29 is 29.0 Å². The van der Waals surface area contributed by atoms with Crippen molar-refractivity contribution in [2.45, 2.75) is 0 Å². The van der Waals surface area contributed by atoms with Crippen LogP contribution < -0.4 is 15.2 Å². The van der Waals surface area contributed by atoms with E-state index in [0.29, 0.717) is 5.69 Å². The Kier molecular flexibility index (Phi) is 4.40. The summed E-state index contributed by atoms with van der Waals surface area (Å²) < 4.78 is 4.99. The molecule has 0 saturated heterocycles. The maximum Gasteiger partial charge on any atom is 0.261 e. The van der Waals surface area contributed by atoms with E-state index in [2.05, 4.69) is 5.32 Å². The summed E-state index contributed by atoms with van der Waals surface area (Å²) in [4.78, 5) is 47.7. The van der Waals surface area contributed by atoms with E-state index in [0.717, 1.165) is 4.90 Å². The smallest absolute Gasteiger partial charge is 0.261 e. The topological polar surface area (TPSA) is 116 Å². The molecule has 8 nitrogen and oxygen atoms in total. The number of nitrogens with zero attached hydrogens (tertiary/aromatic N) is 1. The first-order chi connectivity index (χ1) is 12.4. The number of carbonyl (C=O) groups is 4. The third kappa shape index (κ3) is 3.25. The summed E-state index contributed by atoms with van der Waals surface area (Å²) in [5, 5.41) is 13.0. The monoisotopic (exact) mass is 353 g/mol. The van der Waals surface area contributed by atoms with Gasteiger partial charge in [0.1, 0.15) is 12.4 Å². The van der Waals surface area contributed by atoms with Gasteiger partial charge in [-0.1, -0.05) is 6.07 Å². The number of fused-ring (bicyclic) bond motifs is 1. The van der Waals surface area contributed by atoms with Gasteiger partial charge < -0.3 is 20.0 Å². The van der Waals surface area contributed by atoms with E-state index in [4.69, 9.17) is 4.74 Å². The van der Waals surface area contributed by atoms with Gasteiger partial charge in [0.15, 0.2) is 0 Å². The molecule has 2 aromatic rings. The average molecular weight is 353 g/mol. The van der Waals surface area contributed by atoms with Gasteiger partial charge in [0.2, 0.25) is 0 Å². The summed E-state index contributed by atoms with van der Waals surface area (Å²) in [5.74, 6) is -2.46. The fraction of sp³-hybridized carbons (Fsp3) is 0.111. The number of anilines is 1. The summed E-state index contributed by atoms with van der Waals surface area (Å²) in [7, 11) is 1.38. The van der Waals surface area contributed by atoms with Crippen LogP contribution >= 0.6 is 0 Å². The zero-order chi connectivity index (χ0) is 18.8. The molecule has 3 rings (SSSR count). The van der Waals surface area contributed by atoms with Crippen LogP contribution in [0.4, 0.5) is 5.69 Å². The molecule has 0 radical (unpaired) electrons. The molecule has 1 aliphatic heterocycles. The molecule has 0 fully saturated rings. The Labute approximate surface area is 148 Å². The first-order valence-electron chi connectivity index (χ1n) is 7.57. The highest BCUT2D eigenvalue weighted by Gasteiger charge is 2.33. The van der Waals surface area contributed by atoms with Gasteiger partial charge in [-0.3, -0.25) is 19.3 Å². The third-order valence-electron chi connectivity index (χ3n) is 3.80.